The van der Waals surface area contributed by atoms with Crippen LogP contribution in [0.3, 0.4) is 0 Å². The van der Waals surface area contributed by atoms with Gasteiger partial charge in [-0.25, -0.2) is 4.79 Å². The summed E-state index contributed by atoms with van der Waals surface area (Å²) in [6, 6.07) is 0. The van der Waals surface area contributed by atoms with E-state index >= 15 is 0 Å². The fourth-order valence-corrected chi connectivity index (χ4v) is 1.95. The molecular weight excluding hydrogens is 220 g/mol. The summed E-state index contributed by atoms with van der Waals surface area (Å²) in [6.07, 6.45) is 3.64. The molecule has 1 aliphatic carbocycles. The molecule has 0 bridgehead atoms. The summed E-state index contributed by atoms with van der Waals surface area (Å²) in [5, 5.41) is 0. The Balaban J connectivity index is 2.38. The fourth-order valence-electron chi connectivity index (χ4n) is 1.95. The topological polar surface area (TPSA) is 44.8 Å². The van der Waals surface area contributed by atoms with Crippen molar-refractivity contribution in [3.05, 3.63) is 12.2 Å². The Kier molecular flexibility index (Phi) is 5.15. The Morgan fingerprint density at radius 1 is 1.41 bits per heavy atom. The van der Waals surface area contributed by atoms with E-state index in [9.17, 15) is 4.79 Å². The maximum Gasteiger partial charge on any atom is 0.333 e. The molecule has 0 radical (unpaired) electrons. The molecule has 98 valence electrons. The van der Waals surface area contributed by atoms with Gasteiger partial charge in [0.25, 0.3) is 0 Å². The smallest absolute Gasteiger partial charge is 0.333 e. The number of rotatable bonds is 5. The van der Waals surface area contributed by atoms with Gasteiger partial charge in [-0.05, 0) is 39.5 Å². The van der Waals surface area contributed by atoms with E-state index in [1.54, 1.807) is 14.0 Å². The molecule has 1 rings (SSSR count). The van der Waals surface area contributed by atoms with Crippen molar-refractivity contribution in [1.82, 2.24) is 0 Å². The monoisotopic (exact) mass is 242 g/mol. The van der Waals surface area contributed by atoms with Crippen molar-refractivity contribution in [2.75, 3.05) is 13.9 Å². The Hall–Kier alpha value is -0.870. The maximum atomic E-state index is 11.5. The van der Waals surface area contributed by atoms with Crippen molar-refractivity contribution in [1.29, 1.82) is 0 Å². The normalized spacial score (nSPS) is 28.8. The number of hydrogen-bond acceptors (Lipinski definition) is 4. The molecule has 0 saturated heterocycles. The number of methoxy groups -OCH3 is 1. The predicted molar refractivity (Wildman–Crippen MR) is 64.5 cm³/mol. The Labute approximate surface area is 103 Å². The molecule has 0 aromatic rings. The number of ether oxygens (including phenoxy) is 3. The molecule has 1 saturated carbocycles. The van der Waals surface area contributed by atoms with Crippen molar-refractivity contribution in [2.45, 2.75) is 51.2 Å². The maximum absolute atomic E-state index is 11.5. The van der Waals surface area contributed by atoms with Crippen LogP contribution in [-0.2, 0) is 19.0 Å². The molecule has 0 atom stereocenters. The first-order chi connectivity index (χ1) is 7.97. The summed E-state index contributed by atoms with van der Waals surface area (Å²) in [7, 11) is 1.61. The molecule has 4 heteroatoms. The van der Waals surface area contributed by atoms with Gasteiger partial charge in [-0.2, -0.15) is 0 Å². The Morgan fingerprint density at radius 3 is 2.47 bits per heavy atom. The highest BCUT2D eigenvalue weighted by Crippen LogP contribution is 2.33. The zero-order chi connectivity index (χ0) is 12.9. The Morgan fingerprint density at radius 2 is 2.00 bits per heavy atom. The van der Waals surface area contributed by atoms with Gasteiger partial charge in [0.05, 0.1) is 6.10 Å². The first-order valence-corrected chi connectivity index (χ1v) is 5.96. The van der Waals surface area contributed by atoms with Crippen molar-refractivity contribution in [3.63, 3.8) is 0 Å². The summed E-state index contributed by atoms with van der Waals surface area (Å²) in [4.78, 5) is 11.5. The first-order valence-electron chi connectivity index (χ1n) is 5.96. The van der Waals surface area contributed by atoms with Crippen LogP contribution < -0.4 is 0 Å². The standard InChI is InChI=1S/C13H22O4/c1-10(2)12(14)17-13(3)7-5-11(6-8-13)16-9-15-4/h11H,1,5-9H2,2-4H3. The van der Waals surface area contributed by atoms with Crippen LogP contribution in [0.1, 0.15) is 39.5 Å². The van der Waals surface area contributed by atoms with E-state index in [0.29, 0.717) is 12.4 Å². The van der Waals surface area contributed by atoms with Crippen LogP contribution in [-0.4, -0.2) is 31.6 Å². The lowest BCUT2D eigenvalue weighted by molar-refractivity contribution is -0.162. The van der Waals surface area contributed by atoms with E-state index in [-0.39, 0.29) is 17.7 Å². The summed E-state index contributed by atoms with van der Waals surface area (Å²) < 4.78 is 15.8. The predicted octanol–water partition coefficient (Wildman–Crippen LogP) is 2.43. The Bertz CT molecular complexity index is 277. The van der Waals surface area contributed by atoms with E-state index in [0.717, 1.165) is 25.7 Å². The van der Waals surface area contributed by atoms with Gasteiger partial charge in [-0.15, -0.1) is 0 Å². The van der Waals surface area contributed by atoms with E-state index < -0.39 is 0 Å². The molecule has 0 unspecified atom stereocenters. The molecule has 0 aromatic heterocycles. The second-order valence-corrected chi connectivity index (χ2v) is 4.89. The third-order valence-corrected chi connectivity index (χ3v) is 3.10. The second-order valence-electron chi connectivity index (χ2n) is 4.89. The van der Waals surface area contributed by atoms with Crippen LogP contribution in [0.2, 0.25) is 0 Å². The number of carbonyl (C=O) groups is 1. The summed E-state index contributed by atoms with van der Waals surface area (Å²) in [5.74, 6) is -0.302. The van der Waals surface area contributed by atoms with Gasteiger partial charge < -0.3 is 14.2 Å². The fraction of sp³-hybridized carbons (Fsp3) is 0.769. The van der Waals surface area contributed by atoms with E-state index in [4.69, 9.17) is 14.2 Å². The molecule has 0 amide bonds. The summed E-state index contributed by atoms with van der Waals surface area (Å²) in [5.41, 5.74) is 0.0761. The highest BCUT2D eigenvalue weighted by molar-refractivity contribution is 5.87. The van der Waals surface area contributed by atoms with Crippen LogP contribution in [0.25, 0.3) is 0 Å². The third kappa shape index (κ3) is 4.48. The zero-order valence-electron chi connectivity index (χ0n) is 11.0. The van der Waals surface area contributed by atoms with E-state index in [1.807, 2.05) is 6.92 Å². The lowest BCUT2D eigenvalue weighted by atomic mass is 9.84. The van der Waals surface area contributed by atoms with Crippen LogP contribution in [0.15, 0.2) is 12.2 Å². The van der Waals surface area contributed by atoms with Crippen molar-refractivity contribution in [2.24, 2.45) is 0 Å². The first kappa shape index (κ1) is 14.2. The van der Waals surface area contributed by atoms with E-state index in [1.165, 1.54) is 0 Å². The largest absolute Gasteiger partial charge is 0.456 e. The highest BCUT2D eigenvalue weighted by atomic mass is 16.7. The van der Waals surface area contributed by atoms with Gasteiger partial charge in [0.15, 0.2) is 0 Å². The zero-order valence-corrected chi connectivity index (χ0v) is 11.0. The SMILES string of the molecule is C=C(C)C(=O)OC1(C)CCC(OCOC)CC1. The van der Waals surface area contributed by atoms with Crippen LogP contribution in [0.5, 0.6) is 0 Å². The molecule has 1 fully saturated rings. The minimum atomic E-state index is -0.372. The van der Waals surface area contributed by atoms with Crippen LogP contribution >= 0.6 is 0 Å². The van der Waals surface area contributed by atoms with E-state index in [2.05, 4.69) is 6.58 Å². The summed E-state index contributed by atoms with van der Waals surface area (Å²) >= 11 is 0. The molecule has 1 aliphatic rings. The van der Waals surface area contributed by atoms with Crippen LogP contribution in [0.4, 0.5) is 0 Å². The molecule has 0 aromatic carbocycles. The third-order valence-electron chi connectivity index (χ3n) is 3.10. The van der Waals surface area contributed by atoms with Gasteiger partial charge in [0.1, 0.15) is 12.4 Å². The minimum absolute atomic E-state index is 0.214. The van der Waals surface area contributed by atoms with Crippen molar-refractivity contribution >= 4 is 5.97 Å². The molecule has 0 N–H and O–H groups in total. The highest BCUT2D eigenvalue weighted by Gasteiger charge is 2.34. The number of esters is 1. The molecule has 17 heavy (non-hydrogen) atoms. The van der Waals surface area contributed by atoms with Crippen molar-refractivity contribution < 1.29 is 19.0 Å². The molecular formula is C13H22O4. The average Bonchev–Trinajstić information content (AvgIpc) is 2.28. The van der Waals surface area contributed by atoms with Crippen LogP contribution in [0, 0.1) is 0 Å². The van der Waals surface area contributed by atoms with Gasteiger partial charge in [0, 0.05) is 12.7 Å². The second kappa shape index (κ2) is 6.17. The lowest BCUT2D eigenvalue weighted by Crippen LogP contribution is -2.38. The number of carbonyl (C=O) groups excluding carboxylic acids is 1. The molecule has 0 aliphatic heterocycles. The average molecular weight is 242 g/mol. The van der Waals surface area contributed by atoms with Gasteiger partial charge in [-0.1, -0.05) is 6.58 Å². The summed E-state index contributed by atoms with van der Waals surface area (Å²) in [6.45, 7) is 7.56. The van der Waals surface area contributed by atoms with Gasteiger partial charge in [-0.3, -0.25) is 0 Å². The van der Waals surface area contributed by atoms with Crippen molar-refractivity contribution in [3.8, 4) is 0 Å². The minimum Gasteiger partial charge on any atom is -0.456 e. The molecule has 0 spiro atoms. The van der Waals surface area contributed by atoms with Gasteiger partial charge in [0.2, 0.25) is 0 Å². The molecule has 0 heterocycles. The number of hydrogen-bond donors (Lipinski definition) is 0. The quantitative estimate of drug-likeness (QED) is 0.422. The molecule has 4 nitrogen and oxygen atoms in total. The lowest BCUT2D eigenvalue weighted by Gasteiger charge is -2.36. The van der Waals surface area contributed by atoms with Gasteiger partial charge >= 0.3 is 5.97 Å².